The molecule has 29 heavy (non-hydrogen) atoms. The van der Waals surface area contributed by atoms with Gasteiger partial charge in [-0.05, 0) is 79.9 Å². The molecule has 2 atom stereocenters. The van der Waals surface area contributed by atoms with E-state index in [1.54, 1.807) is 6.08 Å². The fourth-order valence-corrected chi connectivity index (χ4v) is 3.93. The van der Waals surface area contributed by atoms with Gasteiger partial charge < -0.3 is 20.3 Å². The fraction of sp³-hybridized carbons (Fsp3) is 0.375. The summed E-state index contributed by atoms with van der Waals surface area (Å²) < 4.78 is 5.50. The van der Waals surface area contributed by atoms with Gasteiger partial charge in [-0.3, -0.25) is 0 Å². The number of nitrogens with zero attached hydrogens (tertiary/aromatic N) is 1. The van der Waals surface area contributed by atoms with E-state index >= 15 is 0 Å². The van der Waals surface area contributed by atoms with Crippen molar-refractivity contribution < 1.29 is 4.74 Å². The van der Waals surface area contributed by atoms with E-state index in [0.29, 0.717) is 11.7 Å². The van der Waals surface area contributed by atoms with Crippen molar-refractivity contribution in [1.29, 1.82) is 0 Å². The molecule has 5 heteroatoms. The first-order chi connectivity index (χ1) is 14.0. The van der Waals surface area contributed by atoms with Crippen molar-refractivity contribution in [3.8, 4) is 5.75 Å². The highest BCUT2D eigenvalue weighted by Gasteiger charge is 2.17. The maximum Gasteiger partial charge on any atom is 0.171 e. The summed E-state index contributed by atoms with van der Waals surface area (Å²) in [6, 6.07) is 16.7. The van der Waals surface area contributed by atoms with Crippen molar-refractivity contribution in [2.75, 3.05) is 29.9 Å². The number of benzene rings is 2. The molecule has 0 saturated carbocycles. The van der Waals surface area contributed by atoms with Crippen LogP contribution in [0, 0.1) is 5.92 Å². The van der Waals surface area contributed by atoms with Gasteiger partial charge in [0, 0.05) is 24.5 Å². The number of nitrogens with one attached hydrogen (secondary N) is 2. The molecule has 0 bridgehead atoms. The number of rotatable bonds is 7. The molecule has 0 radical (unpaired) electrons. The quantitative estimate of drug-likeness (QED) is 0.464. The highest BCUT2D eigenvalue weighted by molar-refractivity contribution is 7.80. The Hall–Kier alpha value is -2.53. The lowest BCUT2D eigenvalue weighted by Crippen LogP contribution is -2.34. The molecule has 4 nitrogen and oxygen atoms in total. The monoisotopic (exact) mass is 409 g/mol. The van der Waals surface area contributed by atoms with Crippen LogP contribution in [0.15, 0.2) is 61.2 Å². The van der Waals surface area contributed by atoms with Crippen molar-refractivity contribution in [3.63, 3.8) is 0 Å². The van der Waals surface area contributed by atoms with Gasteiger partial charge in [-0.2, -0.15) is 0 Å². The van der Waals surface area contributed by atoms with Crippen LogP contribution in [0.5, 0.6) is 5.75 Å². The molecule has 1 saturated heterocycles. The third-order valence-corrected chi connectivity index (χ3v) is 5.46. The summed E-state index contributed by atoms with van der Waals surface area (Å²) in [5, 5.41) is 7.19. The molecule has 1 fully saturated rings. The summed E-state index contributed by atoms with van der Waals surface area (Å²) >= 11 is 5.48. The zero-order valence-corrected chi connectivity index (χ0v) is 18.2. The van der Waals surface area contributed by atoms with Gasteiger partial charge in [0.2, 0.25) is 0 Å². The predicted octanol–water partition coefficient (Wildman–Crippen LogP) is 5.54. The summed E-state index contributed by atoms with van der Waals surface area (Å²) in [4.78, 5) is 2.49. The molecule has 154 valence electrons. The number of anilines is 2. The molecule has 1 aliphatic rings. The van der Waals surface area contributed by atoms with Crippen LogP contribution in [0.4, 0.5) is 11.4 Å². The van der Waals surface area contributed by atoms with Crippen LogP contribution in [0.25, 0.3) is 0 Å². The second-order valence-electron chi connectivity index (χ2n) is 7.73. The lowest BCUT2D eigenvalue weighted by molar-refractivity contribution is 0.363. The molecule has 0 amide bonds. The van der Waals surface area contributed by atoms with Crippen LogP contribution in [0.1, 0.15) is 38.3 Å². The van der Waals surface area contributed by atoms with E-state index in [9.17, 15) is 0 Å². The Morgan fingerprint density at radius 1 is 1.24 bits per heavy atom. The minimum absolute atomic E-state index is 0.125. The second kappa shape index (κ2) is 10.3. The highest BCUT2D eigenvalue weighted by Crippen LogP contribution is 2.24. The summed E-state index contributed by atoms with van der Waals surface area (Å²) in [5.74, 6) is 1.58. The zero-order valence-electron chi connectivity index (χ0n) is 17.4. The smallest absolute Gasteiger partial charge is 0.171 e. The fourth-order valence-electron chi connectivity index (χ4n) is 3.63. The lowest BCUT2D eigenvalue weighted by atomic mass is 9.99. The van der Waals surface area contributed by atoms with Crippen molar-refractivity contribution in [1.82, 2.24) is 5.32 Å². The SMILES string of the molecule is C=CCOc1ccc(NC(=S)N[C@H](C)c2ccc(N3CCC[C@@H](C)C3)cc2)cc1. The van der Waals surface area contributed by atoms with Gasteiger partial charge in [0.15, 0.2) is 5.11 Å². The van der Waals surface area contributed by atoms with Crippen molar-refractivity contribution in [3.05, 3.63) is 66.7 Å². The summed E-state index contributed by atoms with van der Waals surface area (Å²) in [5.41, 5.74) is 3.46. The van der Waals surface area contributed by atoms with Gasteiger partial charge in [-0.25, -0.2) is 0 Å². The average molecular weight is 410 g/mol. The lowest BCUT2D eigenvalue weighted by Gasteiger charge is -2.33. The van der Waals surface area contributed by atoms with Crippen molar-refractivity contribution >= 4 is 28.7 Å². The molecule has 1 aliphatic heterocycles. The van der Waals surface area contributed by atoms with Gasteiger partial charge in [0.05, 0.1) is 6.04 Å². The molecule has 0 aliphatic carbocycles. The molecular weight excluding hydrogens is 378 g/mol. The largest absolute Gasteiger partial charge is 0.490 e. The van der Waals surface area contributed by atoms with Gasteiger partial charge in [0.25, 0.3) is 0 Å². The highest BCUT2D eigenvalue weighted by atomic mass is 32.1. The Morgan fingerprint density at radius 2 is 1.97 bits per heavy atom. The molecule has 3 rings (SSSR count). The molecule has 0 unspecified atom stereocenters. The molecular formula is C24H31N3OS. The average Bonchev–Trinajstić information content (AvgIpc) is 2.73. The molecule has 0 aromatic heterocycles. The van der Waals surface area contributed by atoms with E-state index in [-0.39, 0.29) is 6.04 Å². The summed E-state index contributed by atoms with van der Waals surface area (Å²) in [7, 11) is 0. The van der Waals surface area contributed by atoms with E-state index in [4.69, 9.17) is 17.0 Å². The number of hydrogen-bond donors (Lipinski definition) is 2. The Bertz CT molecular complexity index is 804. The van der Waals surface area contributed by atoms with Crippen LogP contribution in [-0.4, -0.2) is 24.8 Å². The standard InChI is InChI=1S/C24H31N3OS/c1-4-16-28-23-13-9-21(10-14-23)26-24(29)25-19(3)20-7-11-22(12-8-20)27-15-5-6-18(2)17-27/h4,7-14,18-19H,1,5-6,15-17H2,2-3H3,(H2,25,26,29)/t18-,19-/m1/s1. The van der Waals surface area contributed by atoms with Crippen molar-refractivity contribution in [2.45, 2.75) is 32.7 Å². The molecule has 2 aromatic rings. The van der Waals surface area contributed by atoms with E-state index in [0.717, 1.165) is 30.4 Å². The summed E-state index contributed by atoms with van der Waals surface area (Å²) in [6.45, 7) is 10.9. The molecule has 0 spiro atoms. The maximum atomic E-state index is 5.50. The Labute approximate surface area is 180 Å². The maximum absolute atomic E-state index is 5.50. The third-order valence-electron chi connectivity index (χ3n) is 5.24. The van der Waals surface area contributed by atoms with E-state index in [1.807, 2.05) is 24.3 Å². The van der Waals surface area contributed by atoms with Crippen LogP contribution in [-0.2, 0) is 0 Å². The molecule has 2 aromatic carbocycles. The van der Waals surface area contributed by atoms with Crippen molar-refractivity contribution in [2.24, 2.45) is 5.92 Å². The first kappa shape index (κ1) is 21.2. The third kappa shape index (κ3) is 6.23. The van der Waals surface area contributed by atoms with Gasteiger partial charge in [0.1, 0.15) is 12.4 Å². The Morgan fingerprint density at radius 3 is 2.62 bits per heavy atom. The van der Waals surface area contributed by atoms with Crippen LogP contribution >= 0.6 is 12.2 Å². The number of ether oxygens (including phenoxy) is 1. The van der Waals surface area contributed by atoms with Gasteiger partial charge in [-0.1, -0.05) is 31.7 Å². The van der Waals surface area contributed by atoms with Crippen LogP contribution < -0.4 is 20.3 Å². The normalized spacial score (nSPS) is 17.3. The van der Waals surface area contributed by atoms with Gasteiger partial charge >= 0.3 is 0 Å². The Kier molecular flexibility index (Phi) is 7.53. The van der Waals surface area contributed by atoms with E-state index in [2.05, 4.69) is 60.2 Å². The number of hydrogen-bond acceptors (Lipinski definition) is 3. The number of piperidine rings is 1. The second-order valence-corrected chi connectivity index (χ2v) is 8.14. The molecule has 1 heterocycles. The Balaban J connectivity index is 1.52. The van der Waals surface area contributed by atoms with E-state index in [1.165, 1.54) is 24.1 Å². The minimum Gasteiger partial charge on any atom is -0.490 e. The first-order valence-corrected chi connectivity index (χ1v) is 10.7. The number of thiocarbonyl (C=S) groups is 1. The zero-order chi connectivity index (χ0) is 20.6. The van der Waals surface area contributed by atoms with E-state index < -0.39 is 0 Å². The topological polar surface area (TPSA) is 36.5 Å². The first-order valence-electron chi connectivity index (χ1n) is 10.3. The van der Waals surface area contributed by atoms with Gasteiger partial charge in [-0.15, -0.1) is 0 Å². The summed E-state index contributed by atoms with van der Waals surface area (Å²) in [6.07, 6.45) is 4.35. The van der Waals surface area contributed by atoms with Crippen LogP contribution in [0.3, 0.4) is 0 Å². The van der Waals surface area contributed by atoms with Crippen LogP contribution in [0.2, 0.25) is 0 Å². The minimum atomic E-state index is 0.125. The molecule has 2 N–H and O–H groups in total. The predicted molar refractivity (Wildman–Crippen MR) is 127 cm³/mol.